The van der Waals surface area contributed by atoms with Crippen molar-refractivity contribution >= 4 is 88.8 Å². The molecule has 3 fully saturated rings. The van der Waals surface area contributed by atoms with E-state index in [9.17, 15) is 92.3 Å². The van der Waals surface area contributed by atoms with Crippen molar-refractivity contribution in [1.29, 1.82) is 0 Å². The number of rotatable bonds is 23. The molecule has 31 nitrogen and oxygen atoms in total. The molecule has 12 amide bonds. The van der Waals surface area contributed by atoms with Crippen molar-refractivity contribution in [2.24, 2.45) is 11.8 Å². The molecule has 3 heterocycles. The summed E-state index contributed by atoms with van der Waals surface area (Å²) in [4.78, 5) is 202. The number of unbranched alkanes of at least 4 members (excludes halogenated alkanes) is 7. The Hall–Kier alpha value is -8.25. The summed E-state index contributed by atoms with van der Waals surface area (Å²) in [6.07, 6.45) is 8.26. The Balaban J connectivity index is 2.02. The van der Waals surface area contributed by atoms with Crippen LogP contribution in [0.3, 0.4) is 0 Å². The van der Waals surface area contributed by atoms with Crippen molar-refractivity contribution in [3.63, 3.8) is 0 Å². The van der Waals surface area contributed by atoms with Crippen LogP contribution in [0, 0.1) is 11.8 Å². The topological polar surface area (TPSA) is 464 Å². The van der Waals surface area contributed by atoms with Crippen LogP contribution >= 0.6 is 0 Å². The van der Waals surface area contributed by atoms with Gasteiger partial charge in [-0.2, -0.15) is 0 Å². The summed E-state index contributed by atoms with van der Waals surface area (Å²) in [6, 6.07) is -13.2. The van der Waals surface area contributed by atoms with E-state index in [0.29, 0.717) is 25.2 Å². The van der Waals surface area contributed by atoms with Crippen LogP contribution in [0.1, 0.15) is 150 Å². The molecule has 492 valence electrons. The Morgan fingerprint density at radius 3 is 1.61 bits per heavy atom. The van der Waals surface area contributed by atoms with Gasteiger partial charge in [-0.3, -0.25) is 71.9 Å². The van der Waals surface area contributed by atoms with E-state index in [1.807, 2.05) is 0 Å². The van der Waals surface area contributed by atoms with Crippen LogP contribution in [0.4, 0.5) is 0 Å². The van der Waals surface area contributed by atoms with Crippen LogP contribution in [0.2, 0.25) is 0 Å². The van der Waals surface area contributed by atoms with Gasteiger partial charge in [0.05, 0.1) is 45.0 Å². The summed E-state index contributed by atoms with van der Waals surface area (Å²) in [5.41, 5.74) is 0. The van der Waals surface area contributed by atoms with Crippen LogP contribution < -0.4 is 53.2 Å². The molecule has 0 radical (unpaired) electrons. The number of carbonyl (C=O) groups excluding carboxylic acids is 12. The molecule has 3 aliphatic rings. The van der Waals surface area contributed by atoms with E-state index in [4.69, 9.17) is 0 Å². The first-order chi connectivity index (χ1) is 41.6. The summed E-state index contributed by atoms with van der Waals surface area (Å²) in [5.74, 6) is -17.2. The number of aliphatic carboxylic acids is 3. The summed E-state index contributed by atoms with van der Waals surface area (Å²) < 4.78 is 0. The third kappa shape index (κ3) is 26.0. The van der Waals surface area contributed by atoms with Gasteiger partial charge in [0, 0.05) is 19.6 Å². The number of aliphatic hydroxyl groups is 1. The average molecular weight is 1250 g/mol. The predicted molar refractivity (Wildman–Crippen MR) is 311 cm³/mol. The van der Waals surface area contributed by atoms with E-state index >= 15 is 0 Å². The molecule has 0 bridgehead atoms. The van der Waals surface area contributed by atoms with Crippen LogP contribution in [0.15, 0.2) is 12.2 Å². The molecule has 10 atom stereocenters. The maximum absolute atomic E-state index is 14.8. The van der Waals surface area contributed by atoms with Crippen molar-refractivity contribution < 1.29 is 92.3 Å². The van der Waals surface area contributed by atoms with Gasteiger partial charge in [0.25, 0.3) is 0 Å². The molecule has 31 heteroatoms. The number of hydrogen-bond acceptors (Lipinski definition) is 16. The number of fused-ring (bicyclic) bond motifs is 2. The van der Waals surface area contributed by atoms with Crippen LogP contribution in [0.25, 0.3) is 0 Å². The number of aliphatic hydroxyl groups excluding tert-OH is 1. The number of hydrogen-bond donors (Lipinski definition) is 14. The van der Waals surface area contributed by atoms with E-state index < -0.39 is 195 Å². The molecular formula is C57H90N12O19. The smallest absolute Gasteiger partial charge is 0.305 e. The second-order valence-electron chi connectivity index (χ2n) is 22.8. The summed E-state index contributed by atoms with van der Waals surface area (Å²) >= 11 is 0. The van der Waals surface area contributed by atoms with Gasteiger partial charge in [0.15, 0.2) is 0 Å². The van der Waals surface area contributed by atoms with Gasteiger partial charge in [-0.25, -0.2) is 0 Å². The van der Waals surface area contributed by atoms with E-state index in [1.54, 1.807) is 19.9 Å². The minimum atomic E-state index is -1.90. The zero-order valence-corrected chi connectivity index (χ0v) is 50.8. The normalized spacial score (nSPS) is 24.1. The number of carboxylic acid groups (broad SMARTS) is 3. The third-order valence-corrected chi connectivity index (χ3v) is 15.1. The van der Waals surface area contributed by atoms with E-state index in [1.165, 1.54) is 24.2 Å². The lowest BCUT2D eigenvalue weighted by Gasteiger charge is -2.37. The van der Waals surface area contributed by atoms with Crippen LogP contribution in [0.5, 0.6) is 0 Å². The summed E-state index contributed by atoms with van der Waals surface area (Å²) in [5, 5.41) is 62.4. The Labute approximate surface area is 510 Å². The Morgan fingerprint density at radius 1 is 0.580 bits per heavy atom. The number of nitrogens with one attached hydrogen (secondary N) is 10. The number of carbonyl (C=O) groups is 15. The molecule has 3 rings (SSSR count). The van der Waals surface area contributed by atoms with E-state index in [0.717, 1.165) is 50.0 Å². The second-order valence-corrected chi connectivity index (χ2v) is 22.8. The molecule has 0 aromatic heterocycles. The van der Waals surface area contributed by atoms with Crippen molar-refractivity contribution in [2.45, 2.75) is 205 Å². The highest BCUT2D eigenvalue weighted by atomic mass is 16.4. The highest BCUT2D eigenvalue weighted by molar-refractivity contribution is 6.00. The van der Waals surface area contributed by atoms with Gasteiger partial charge in [-0.15, -0.1) is 0 Å². The Morgan fingerprint density at radius 2 is 1.08 bits per heavy atom. The number of nitrogens with zero attached hydrogens (tertiary/aromatic N) is 2. The lowest BCUT2D eigenvalue weighted by Crippen LogP contribution is -2.63. The Bertz CT molecular complexity index is 2530. The average Bonchev–Trinajstić information content (AvgIpc) is 4.14. The molecule has 0 unspecified atom stereocenters. The third-order valence-electron chi connectivity index (χ3n) is 15.1. The van der Waals surface area contributed by atoms with Crippen LogP contribution in [-0.2, 0) is 71.9 Å². The molecule has 0 aliphatic carbocycles. The number of amides is 12. The first-order valence-electron chi connectivity index (χ1n) is 30.1. The van der Waals surface area contributed by atoms with Gasteiger partial charge >= 0.3 is 17.9 Å². The lowest BCUT2D eigenvalue weighted by molar-refractivity contribution is -0.146. The first kappa shape index (κ1) is 74.0. The highest BCUT2D eigenvalue weighted by Crippen LogP contribution is 2.23. The van der Waals surface area contributed by atoms with Gasteiger partial charge in [0.1, 0.15) is 48.3 Å². The SMILES string of the molecule is CC[C@H](C)[C@H]1NC(=O)[C@H]([C@@H](C)O)NC(=O)CNC(=O)[C@H](CC(=O)O)NC(=O)CNC(=O)[C@H](CC(=O)O)NC(=O)CNC(=O)[C@@H]2CCCCN2C(=O)[C@@H](NC(=O)[C@H](CC(=O)O)NC(=O)/C=C/CCCCCCCCCC(C)C)CNC(=O)[C@H]2CCCN2C1=O. The van der Waals surface area contributed by atoms with Gasteiger partial charge in [0.2, 0.25) is 70.9 Å². The molecule has 3 saturated heterocycles. The second kappa shape index (κ2) is 38.1. The van der Waals surface area contributed by atoms with Crippen molar-refractivity contribution in [3.8, 4) is 0 Å². The van der Waals surface area contributed by atoms with E-state index in [2.05, 4.69) is 67.0 Å². The number of piperidine rings is 1. The van der Waals surface area contributed by atoms with Crippen LogP contribution in [-0.4, -0.2) is 213 Å². The number of carboxylic acids is 3. The minimum absolute atomic E-state index is 0.0161. The highest BCUT2D eigenvalue weighted by Gasteiger charge is 2.43. The maximum Gasteiger partial charge on any atom is 0.305 e. The zero-order chi connectivity index (χ0) is 65.6. The van der Waals surface area contributed by atoms with Gasteiger partial charge < -0.3 is 83.4 Å². The molecule has 0 spiro atoms. The zero-order valence-electron chi connectivity index (χ0n) is 50.8. The Kier molecular flexibility index (Phi) is 32.1. The fourth-order valence-corrected chi connectivity index (χ4v) is 10.1. The monoisotopic (exact) mass is 1250 g/mol. The van der Waals surface area contributed by atoms with Crippen molar-refractivity contribution in [3.05, 3.63) is 12.2 Å². The quantitative estimate of drug-likeness (QED) is 0.0366. The molecule has 0 saturated carbocycles. The predicted octanol–water partition coefficient (Wildman–Crippen LogP) is -2.68. The number of allylic oxidation sites excluding steroid dienone is 1. The minimum Gasteiger partial charge on any atom is -0.481 e. The summed E-state index contributed by atoms with van der Waals surface area (Å²) in [7, 11) is 0. The summed E-state index contributed by atoms with van der Waals surface area (Å²) in [6.45, 7) is 5.06. The maximum atomic E-state index is 14.8. The van der Waals surface area contributed by atoms with Crippen molar-refractivity contribution in [1.82, 2.24) is 63.0 Å². The lowest BCUT2D eigenvalue weighted by atomic mass is 9.96. The standard InChI is InChI=1S/C57H90N12O19/c1-6-33(4)48-57(88)69-24-18-21-40(69)53(84)58-28-38(65-52(83)37(27-47(79)80)62-41(71)22-15-13-11-9-7-8-10-12-14-19-32(2)3)56(87)68-23-17-16-20-39(68)54(85)61-30-43(73)64-35(25-45(75)76)50(81)59-29-42(72)63-36(26-46(77)78)51(82)60-31-44(74)66-49(34(5)70)55(86)67-48/h15,22,32-40,48-49,70H,6-14,16-21,23-31H2,1-5H3,(H,58,84)(H,59,81)(H,60,82)(H,61,85)(H,62,71)(H,63,72)(H,64,73)(H,65,83)(H,66,74)(H,67,86)(H,75,76)(H,77,78)(H,79,80)/b22-15+/t33-,34+,35-,36-,37-,38-,39-,40+,48+,49-/m0/s1. The molecule has 0 aromatic rings. The fourth-order valence-electron chi connectivity index (χ4n) is 10.1. The first-order valence-corrected chi connectivity index (χ1v) is 30.1. The molecule has 0 aromatic carbocycles. The van der Waals surface area contributed by atoms with Crippen molar-refractivity contribution in [2.75, 3.05) is 39.3 Å². The van der Waals surface area contributed by atoms with Gasteiger partial charge in [-0.1, -0.05) is 85.1 Å². The van der Waals surface area contributed by atoms with E-state index in [-0.39, 0.29) is 38.8 Å². The fraction of sp³-hybridized carbons (Fsp3) is 0.702. The molecule has 88 heavy (non-hydrogen) atoms. The molecule has 3 aliphatic heterocycles. The largest absolute Gasteiger partial charge is 0.481 e. The molecular weight excluding hydrogens is 1160 g/mol. The molecule has 14 N–H and O–H groups in total. The van der Waals surface area contributed by atoms with Gasteiger partial charge in [-0.05, 0) is 69.8 Å².